The van der Waals surface area contributed by atoms with Gasteiger partial charge < -0.3 is 24.2 Å². The Morgan fingerprint density at radius 1 is 0.925 bits per heavy atom. The minimum Gasteiger partial charge on any atom is -0.462 e. The number of nitrogens with zero attached hydrogens (tertiary/aromatic N) is 4. The van der Waals surface area contributed by atoms with Crippen LogP contribution in [0, 0.1) is 0 Å². The number of benzene rings is 2. The van der Waals surface area contributed by atoms with Crippen molar-refractivity contribution in [2.24, 2.45) is 0 Å². The zero-order chi connectivity index (χ0) is 28.1. The smallest absolute Gasteiger partial charge is 0.254 e. The molecule has 2 saturated heterocycles. The van der Waals surface area contributed by atoms with Gasteiger partial charge in [0.15, 0.2) is 0 Å². The molecule has 8 heteroatoms. The number of rotatable bonds is 4. The number of hydrogen-bond donors (Lipinski definition) is 0. The third-order valence-electron chi connectivity index (χ3n) is 7.46. The monoisotopic (exact) mass is 542 g/mol. The summed E-state index contributed by atoms with van der Waals surface area (Å²) >= 11 is 0. The first-order valence-corrected chi connectivity index (χ1v) is 14.0. The lowest BCUT2D eigenvalue weighted by molar-refractivity contribution is -0.225. The summed E-state index contributed by atoms with van der Waals surface area (Å²) in [6.45, 7) is 3.63. The zero-order valence-corrected chi connectivity index (χ0v) is 23.6. The molecule has 1 amide bonds. The standard InChI is InChI=1S/C29H29N3O4.C3H9N/c33-19-21-3-5-22(6-4-21)23-7-8-26-25(17-23)20-35-29(36-26)10-15-32(16-11-29)28(34)24-9-12-30-27(18-24)31-13-1-2-14-31;1-4(2)3/h3-9,12,17-19H,1-2,10-11,13-16,20H2;1-3H3. The number of likely N-dealkylation sites (tertiary alicyclic amines) is 1. The molecule has 3 aromatic rings. The van der Waals surface area contributed by atoms with Gasteiger partial charge >= 0.3 is 0 Å². The predicted molar refractivity (Wildman–Crippen MR) is 156 cm³/mol. The molecule has 210 valence electrons. The van der Waals surface area contributed by atoms with Gasteiger partial charge in [0.2, 0.25) is 5.79 Å². The van der Waals surface area contributed by atoms with Crippen molar-refractivity contribution in [3.8, 4) is 16.9 Å². The van der Waals surface area contributed by atoms with Gasteiger partial charge in [0.25, 0.3) is 5.91 Å². The van der Waals surface area contributed by atoms with E-state index in [-0.39, 0.29) is 5.91 Å². The molecule has 0 atom stereocenters. The summed E-state index contributed by atoms with van der Waals surface area (Å²) < 4.78 is 12.6. The molecule has 1 aromatic heterocycles. The Hall–Kier alpha value is -3.75. The van der Waals surface area contributed by atoms with Crippen LogP contribution in [0.3, 0.4) is 0 Å². The van der Waals surface area contributed by atoms with Crippen LogP contribution in [0.4, 0.5) is 5.82 Å². The van der Waals surface area contributed by atoms with Crippen LogP contribution in [0.15, 0.2) is 60.8 Å². The summed E-state index contributed by atoms with van der Waals surface area (Å²) in [6, 6.07) is 17.4. The first kappa shape index (κ1) is 27.8. The second-order valence-electron chi connectivity index (χ2n) is 11.1. The van der Waals surface area contributed by atoms with Gasteiger partial charge in [-0.2, -0.15) is 0 Å². The number of carbonyl (C=O) groups is 2. The maximum absolute atomic E-state index is 13.2. The topological polar surface area (TPSA) is 75.2 Å². The van der Waals surface area contributed by atoms with Crippen molar-refractivity contribution in [3.63, 3.8) is 0 Å². The van der Waals surface area contributed by atoms with Crippen molar-refractivity contribution in [1.29, 1.82) is 0 Å². The summed E-state index contributed by atoms with van der Waals surface area (Å²) in [5.41, 5.74) is 4.45. The molecule has 0 bridgehead atoms. The number of ether oxygens (including phenoxy) is 2. The van der Waals surface area contributed by atoms with Gasteiger partial charge in [-0.25, -0.2) is 4.98 Å². The number of aldehydes is 1. The van der Waals surface area contributed by atoms with Crippen LogP contribution in [0.2, 0.25) is 0 Å². The van der Waals surface area contributed by atoms with E-state index >= 15 is 0 Å². The molecular weight excluding hydrogens is 504 g/mol. The van der Waals surface area contributed by atoms with E-state index in [2.05, 4.69) is 16.0 Å². The van der Waals surface area contributed by atoms with Crippen LogP contribution >= 0.6 is 0 Å². The normalized spacial score (nSPS) is 17.6. The van der Waals surface area contributed by atoms with Crippen molar-refractivity contribution in [3.05, 3.63) is 77.5 Å². The summed E-state index contributed by atoms with van der Waals surface area (Å²) in [5, 5.41) is 0. The Kier molecular flexibility index (Phi) is 8.47. The number of carbonyl (C=O) groups excluding carboxylic acids is 2. The molecule has 0 N–H and O–H groups in total. The molecule has 4 heterocycles. The number of piperidine rings is 1. The molecule has 3 aliphatic heterocycles. The fourth-order valence-electron chi connectivity index (χ4n) is 5.31. The number of amides is 1. The molecule has 0 saturated carbocycles. The second kappa shape index (κ2) is 12.2. The number of aromatic nitrogens is 1. The lowest BCUT2D eigenvalue weighted by Gasteiger charge is -2.44. The number of hydrogen-bond acceptors (Lipinski definition) is 7. The Labute approximate surface area is 236 Å². The van der Waals surface area contributed by atoms with E-state index in [1.165, 1.54) is 12.8 Å². The summed E-state index contributed by atoms with van der Waals surface area (Å²) in [4.78, 5) is 34.8. The van der Waals surface area contributed by atoms with Gasteiger partial charge in [-0.15, -0.1) is 0 Å². The van der Waals surface area contributed by atoms with Gasteiger partial charge in [0, 0.05) is 61.9 Å². The Morgan fingerprint density at radius 3 is 2.27 bits per heavy atom. The molecule has 0 radical (unpaired) electrons. The average molecular weight is 543 g/mol. The van der Waals surface area contributed by atoms with Crippen molar-refractivity contribution >= 4 is 18.0 Å². The molecule has 3 aliphatic rings. The highest BCUT2D eigenvalue weighted by atomic mass is 16.7. The molecular formula is C32H38N4O4. The maximum atomic E-state index is 13.2. The Balaban J connectivity index is 0.000000758. The van der Waals surface area contributed by atoms with Gasteiger partial charge in [0.1, 0.15) is 17.9 Å². The molecule has 0 unspecified atom stereocenters. The second-order valence-corrected chi connectivity index (χ2v) is 11.1. The van der Waals surface area contributed by atoms with Crippen LogP contribution in [0.5, 0.6) is 5.75 Å². The van der Waals surface area contributed by atoms with E-state index < -0.39 is 5.79 Å². The maximum Gasteiger partial charge on any atom is 0.254 e. The van der Waals surface area contributed by atoms with Crippen molar-refractivity contribution in [2.75, 3.05) is 52.2 Å². The predicted octanol–water partition coefficient (Wildman–Crippen LogP) is 4.88. The first-order valence-electron chi connectivity index (χ1n) is 14.0. The van der Waals surface area contributed by atoms with Gasteiger partial charge in [0.05, 0.1) is 6.61 Å². The Bertz CT molecular complexity index is 1320. The molecule has 0 aliphatic carbocycles. The Morgan fingerprint density at radius 2 is 1.60 bits per heavy atom. The minimum atomic E-state index is -0.699. The first-order chi connectivity index (χ1) is 19.4. The third kappa shape index (κ3) is 6.35. The van der Waals surface area contributed by atoms with Gasteiger partial charge in [-0.05, 0) is 69.4 Å². The highest BCUT2D eigenvalue weighted by Gasteiger charge is 2.42. The number of pyridine rings is 1. The molecule has 40 heavy (non-hydrogen) atoms. The minimum absolute atomic E-state index is 0.0362. The van der Waals surface area contributed by atoms with Crippen molar-refractivity contribution in [2.45, 2.75) is 38.1 Å². The van der Waals surface area contributed by atoms with E-state index in [0.717, 1.165) is 47.6 Å². The van der Waals surface area contributed by atoms with Gasteiger partial charge in [-0.3, -0.25) is 9.59 Å². The van der Waals surface area contributed by atoms with Crippen LogP contribution in [0.1, 0.15) is 52.0 Å². The number of anilines is 1. The van der Waals surface area contributed by atoms with E-state index in [1.807, 2.05) is 73.4 Å². The number of fused-ring (bicyclic) bond motifs is 1. The van der Waals surface area contributed by atoms with E-state index in [0.29, 0.717) is 43.7 Å². The van der Waals surface area contributed by atoms with Crippen LogP contribution in [-0.4, -0.2) is 80.1 Å². The fraction of sp³-hybridized carbons (Fsp3) is 0.406. The van der Waals surface area contributed by atoms with Crippen LogP contribution < -0.4 is 9.64 Å². The fourth-order valence-corrected chi connectivity index (χ4v) is 5.31. The van der Waals surface area contributed by atoms with Crippen LogP contribution in [0.25, 0.3) is 11.1 Å². The third-order valence-corrected chi connectivity index (χ3v) is 7.46. The molecule has 8 nitrogen and oxygen atoms in total. The summed E-state index contributed by atoms with van der Waals surface area (Å²) in [6.07, 6.45) is 6.18. The van der Waals surface area contributed by atoms with E-state index in [4.69, 9.17) is 9.47 Å². The van der Waals surface area contributed by atoms with E-state index in [1.54, 1.807) is 12.3 Å². The summed E-state index contributed by atoms with van der Waals surface area (Å²) in [7, 11) is 6.00. The molecule has 2 fully saturated rings. The van der Waals surface area contributed by atoms with Crippen molar-refractivity contribution < 1.29 is 19.1 Å². The van der Waals surface area contributed by atoms with Crippen molar-refractivity contribution in [1.82, 2.24) is 14.8 Å². The SMILES string of the molecule is CN(C)C.O=Cc1ccc(-c2ccc3c(c2)COC2(CCN(C(=O)c4ccnc(N5CCCC5)c4)CC2)O3)cc1. The largest absolute Gasteiger partial charge is 0.462 e. The molecule has 1 spiro atoms. The van der Waals surface area contributed by atoms with Crippen LogP contribution in [-0.2, 0) is 11.3 Å². The molecule has 2 aromatic carbocycles. The molecule has 6 rings (SSSR count). The zero-order valence-electron chi connectivity index (χ0n) is 23.6. The highest BCUT2D eigenvalue weighted by molar-refractivity contribution is 5.95. The quantitative estimate of drug-likeness (QED) is 0.435. The van der Waals surface area contributed by atoms with E-state index in [9.17, 15) is 9.59 Å². The lowest BCUT2D eigenvalue weighted by atomic mass is 9.98. The summed E-state index contributed by atoms with van der Waals surface area (Å²) in [5.74, 6) is 1.06. The average Bonchev–Trinajstić information content (AvgIpc) is 3.52. The lowest BCUT2D eigenvalue weighted by Crippen LogP contribution is -2.52. The van der Waals surface area contributed by atoms with Gasteiger partial charge in [-0.1, -0.05) is 30.3 Å². The highest BCUT2D eigenvalue weighted by Crippen LogP contribution is 2.39.